The summed E-state index contributed by atoms with van der Waals surface area (Å²) >= 11 is 1.73. The van der Waals surface area contributed by atoms with Crippen molar-refractivity contribution in [2.45, 2.75) is 63.3 Å². The minimum Gasteiger partial charge on any atom is -0.494 e. The summed E-state index contributed by atoms with van der Waals surface area (Å²) in [5.41, 5.74) is 0.597. The lowest BCUT2D eigenvalue weighted by atomic mass is 9.88. The van der Waals surface area contributed by atoms with E-state index < -0.39 is 6.04 Å². The number of hydrogen-bond donors (Lipinski definition) is 0. The van der Waals surface area contributed by atoms with E-state index >= 15 is 0 Å². The van der Waals surface area contributed by atoms with Crippen molar-refractivity contribution in [3.05, 3.63) is 29.8 Å². The number of benzene rings is 1. The molecule has 5 nitrogen and oxygen atoms in total. The monoisotopic (exact) mass is 405 g/mol. The van der Waals surface area contributed by atoms with Crippen molar-refractivity contribution in [1.29, 1.82) is 0 Å². The Morgan fingerprint density at radius 1 is 1.14 bits per heavy atom. The summed E-state index contributed by atoms with van der Waals surface area (Å²) < 4.78 is 10.7. The van der Waals surface area contributed by atoms with E-state index in [2.05, 4.69) is 6.92 Å². The Labute approximate surface area is 172 Å². The molecule has 2 fully saturated rings. The second-order valence-corrected chi connectivity index (χ2v) is 8.75. The van der Waals surface area contributed by atoms with Gasteiger partial charge in [-0.1, -0.05) is 32.6 Å². The van der Waals surface area contributed by atoms with Gasteiger partial charge >= 0.3 is 5.97 Å². The Hall–Kier alpha value is -1.69. The predicted octanol–water partition coefficient (Wildman–Crippen LogP) is 4.50. The van der Waals surface area contributed by atoms with E-state index in [1.54, 1.807) is 28.8 Å². The molecule has 3 rings (SSSR count). The Balaban J connectivity index is 1.76. The third kappa shape index (κ3) is 4.83. The average Bonchev–Trinajstić information content (AvgIpc) is 3.19. The van der Waals surface area contributed by atoms with Crippen LogP contribution in [0.15, 0.2) is 24.3 Å². The first kappa shape index (κ1) is 21.0. The number of thioether (sulfide) groups is 1. The first-order chi connectivity index (χ1) is 13.7. The molecule has 2 atom stereocenters. The molecule has 1 saturated heterocycles. The highest BCUT2D eigenvalue weighted by atomic mass is 32.2. The van der Waals surface area contributed by atoms with Gasteiger partial charge in [-0.2, -0.15) is 0 Å². The summed E-state index contributed by atoms with van der Waals surface area (Å²) in [4.78, 5) is 27.5. The van der Waals surface area contributed by atoms with Gasteiger partial charge in [0.2, 0.25) is 0 Å². The van der Waals surface area contributed by atoms with E-state index in [-0.39, 0.29) is 17.3 Å². The summed E-state index contributed by atoms with van der Waals surface area (Å²) in [6.45, 7) is 2.81. The normalized spacial score (nSPS) is 22.9. The molecule has 1 aliphatic carbocycles. The summed E-state index contributed by atoms with van der Waals surface area (Å²) in [6, 6.07) is 6.79. The van der Waals surface area contributed by atoms with E-state index in [1.165, 1.54) is 26.4 Å². The van der Waals surface area contributed by atoms with E-state index in [0.29, 0.717) is 23.8 Å². The fourth-order valence-electron chi connectivity index (χ4n) is 4.06. The van der Waals surface area contributed by atoms with Crippen molar-refractivity contribution in [1.82, 2.24) is 4.90 Å². The van der Waals surface area contributed by atoms with Crippen molar-refractivity contribution in [2.24, 2.45) is 5.92 Å². The molecule has 154 valence electrons. The number of esters is 1. The molecule has 0 aromatic heterocycles. The van der Waals surface area contributed by atoms with Crippen molar-refractivity contribution in [2.75, 3.05) is 19.5 Å². The van der Waals surface area contributed by atoms with Gasteiger partial charge in [-0.15, -0.1) is 11.8 Å². The lowest BCUT2D eigenvalue weighted by Gasteiger charge is -2.35. The number of carbonyl (C=O) groups is 2. The zero-order chi connectivity index (χ0) is 19.9. The smallest absolute Gasteiger partial charge is 0.329 e. The number of amides is 1. The lowest BCUT2D eigenvalue weighted by Crippen LogP contribution is -2.48. The van der Waals surface area contributed by atoms with Crippen LogP contribution in [0, 0.1) is 5.92 Å². The fraction of sp³-hybridized carbons (Fsp3) is 0.636. The maximum Gasteiger partial charge on any atom is 0.329 e. The first-order valence-electron chi connectivity index (χ1n) is 10.4. The van der Waals surface area contributed by atoms with Gasteiger partial charge in [-0.3, -0.25) is 4.79 Å². The molecular weight excluding hydrogens is 374 g/mol. The SMILES string of the molecule is CCCCOc1ccc(C(=O)N2C(C(=O)OC)CSC2C2CCCCC2)cc1. The second-order valence-electron chi connectivity index (χ2n) is 7.60. The number of nitrogens with zero attached hydrogens (tertiary/aromatic N) is 1. The first-order valence-corrected chi connectivity index (χ1v) is 11.5. The molecular formula is C22H31NO4S. The third-order valence-electron chi connectivity index (χ3n) is 5.66. The highest BCUT2D eigenvalue weighted by Crippen LogP contribution is 2.41. The molecule has 2 aliphatic rings. The Morgan fingerprint density at radius 2 is 1.86 bits per heavy atom. The van der Waals surface area contributed by atoms with E-state index in [9.17, 15) is 9.59 Å². The molecule has 0 spiro atoms. The quantitative estimate of drug-likeness (QED) is 0.494. The Morgan fingerprint density at radius 3 is 2.50 bits per heavy atom. The largest absolute Gasteiger partial charge is 0.494 e. The van der Waals surface area contributed by atoms with Gasteiger partial charge < -0.3 is 14.4 Å². The molecule has 1 saturated carbocycles. The maximum atomic E-state index is 13.4. The van der Waals surface area contributed by atoms with Crippen LogP contribution >= 0.6 is 11.8 Å². The van der Waals surface area contributed by atoms with Gasteiger partial charge in [0, 0.05) is 11.3 Å². The Bertz CT molecular complexity index is 657. The van der Waals surface area contributed by atoms with E-state index in [1.807, 2.05) is 12.1 Å². The van der Waals surface area contributed by atoms with Gasteiger partial charge in [0.25, 0.3) is 5.91 Å². The molecule has 1 amide bonds. The minimum absolute atomic E-state index is 0.0531. The zero-order valence-corrected chi connectivity index (χ0v) is 17.7. The van der Waals surface area contributed by atoms with Crippen molar-refractivity contribution in [3.8, 4) is 5.75 Å². The summed E-state index contributed by atoms with van der Waals surface area (Å²) in [5.74, 6) is 1.43. The van der Waals surface area contributed by atoms with Crippen LogP contribution in [0.25, 0.3) is 0 Å². The van der Waals surface area contributed by atoms with Crippen LogP contribution in [-0.2, 0) is 9.53 Å². The highest BCUT2D eigenvalue weighted by molar-refractivity contribution is 8.00. The van der Waals surface area contributed by atoms with Crippen LogP contribution < -0.4 is 4.74 Å². The van der Waals surface area contributed by atoms with E-state index in [4.69, 9.17) is 9.47 Å². The second kappa shape index (κ2) is 10.2. The van der Waals surface area contributed by atoms with Gasteiger partial charge in [-0.25, -0.2) is 4.79 Å². The summed E-state index contributed by atoms with van der Waals surface area (Å²) in [5, 5.41) is 0.0531. The predicted molar refractivity (Wildman–Crippen MR) is 112 cm³/mol. The fourth-order valence-corrected chi connectivity index (χ4v) is 5.69. The van der Waals surface area contributed by atoms with Crippen molar-refractivity contribution in [3.63, 3.8) is 0 Å². The van der Waals surface area contributed by atoms with E-state index in [0.717, 1.165) is 31.4 Å². The van der Waals surface area contributed by atoms with Crippen LogP contribution in [0.1, 0.15) is 62.2 Å². The molecule has 0 radical (unpaired) electrons. The molecule has 0 bridgehead atoms. The molecule has 2 unspecified atom stereocenters. The topological polar surface area (TPSA) is 55.8 Å². The third-order valence-corrected chi connectivity index (χ3v) is 7.13. The number of ether oxygens (including phenoxy) is 2. The highest BCUT2D eigenvalue weighted by Gasteiger charge is 2.45. The number of methoxy groups -OCH3 is 1. The van der Waals surface area contributed by atoms with Crippen LogP contribution in [0.3, 0.4) is 0 Å². The number of carbonyl (C=O) groups excluding carboxylic acids is 2. The molecule has 1 aliphatic heterocycles. The molecule has 1 aromatic carbocycles. The molecule has 28 heavy (non-hydrogen) atoms. The average molecular weight is 406 g/mol. The van der Waals surface area contributed by atoms with Crippen LogP contribution in [0.2, 0.25) is 0 Å². The van der Waals surface area contributed by atoms with Crippen molar-refractivity contribution >= 4 is 23.6 Å². The molecule has 1 heterocycles. The number of unbranched alkanes of at least 4 members (excludes halogenated alkanes) is 1. The van der Waals surface area contributed by atoms with Gasteiger partial charge in [-0.05, 0) is 49.4 Å². The number of rotatable bonds is 7. The molecule has 6 heteroatoms. The van der Waals surface area contributed by atoms with Crippen molar-refractivity contribution < 1.29 is 19.1 Å². The summed E-state index contributed by atoms with van der Waals surface area (Å²) in [6.07, 6.45) is 8.02. The van der Waals surface area contributed by atoms with Gasteiger partial charge in [0.05, 0.1) is 19.1 Å². The van der Waals surface area contributed by atoms with Crippen LogP contribution in [0.5, 0.6) is 5.75 Å². The Kier molecular flexibility index (Phi) is 7.65. The van der Waals surface area contributed by atoms with Crippen LogP contribution in [0.4, 0.5) is 0 Å². The zero-order valence-electron chi connectivity index (χ0n) is 16.9. The lowest BCUT2D eigenvalue weighted by molar-refractivity contribution is -0.145. The maximum absolute atomic E-state index is 13.4. The minimum atomic E-state index is -0.505. The number of hydrogen-bond acceptors (Lipinski definition) is 5. The van der Waals surface area contributed by atoms with Gasteiger partial charge in [0.1, 0.15) is 11.8 Å². The van der Waals surface area contributed by atoms with Gasteiger partial charge in [0.15, 0.2) is 0 Å². The summed E-state index contributed by atoms with van der Waals surface area (Å²) in [7, 11) is 1.39. The standard InChI is InChI=1S/C22H31NO4S/c1-3-4-14-27-18-12-10-16(11-13-18)20(24)23-19(22(25)26-2)15-28-21(23)17-8-6-5-7-9-17/h10-13,17,19,21H,3-9,14-15H2,1-2H3. The molecule has 0 N–H and O–H groups in total. The van der Waals surface area contributed by atoms with Crippen LogP contribution in [-0.4, -0.2) is 47.7 Å². The molecule has 1 aromatic rings.